The summed E-state index contributed by atoms with van der Waals surface area (Å²) in [6.45, 7) is 10.8. The molecule has 0 spiro atoms. The molecule has 0 radical (unpaired) electrons. The molecule has 0 amide bonds. The fourth-order valence-corrected chi connectivity index (χ4v) is 2.15. The van der Waals surface area contributed by atoms with Gasteiger partial charge in [0.05, 0.1) is 0 Å². The van der Waals surface area contributed by atoms with E-state index in [0.717, 1.165) is 11.8 Å². The number of hydrogen-bond donors (Lipinski definition) is 0. The highest BCUT2D eigenvalue weighted by Crippen LogP contribution is 2.53. The van der Waals surface area contributed by atoms with E-state index in [4.69, 9.17) is 0 Å². The van der Waals surface area contributed by atoms with Crippen molar-refractivity contribution in [2.75, 3.05) is 0 Å². The maximum atomic E-state index is 3.90. The van der Waals surface area contributed by atoms with Crippen molar-refractivity contribution in [3.63, 3.8) is 0 Å². The molecule has 0 aromatic carbocycles. The normalized spacial score (nSPS) is 46.3. The lowest BCUT2D eigenvalue weighted by molar-refractivity contribution is 0.0201. The smallest absolute Gasteiger partial charge is 0.00952 e. The third-order valence-corrected chi connectivity index (χ3v) is 3.51. The van der Waals surface area contributed by atoms with E-state index < -0.39 is 0 Å². The Morgan fingerprint density at radius 1 is 1.70 bits per heavy atom. The van der Waals surface area contributed by atoms with Gasteiger partial charge < -0.3 is 0 Å². The summed E-state index contributed by atoms with van der Waals surface area (Å²) in [5.74, 6) is 1.76. The molecule has 1 aliphatic carbocycles. The van der Waals surface area contributed by atoms with Gasteiger partial charge in [0.15, 0.2) is 0 Å². The second kappa shape index (κ2) is 2.41. The summed E-state index contributed by atoms with van der Waals surface area (Å²) in [7, 11) is 0. The summed E-state index contributed by atoms with van der Waals surface area (Å²) in [6.07, 6.45) is 4.86. The van der Waals surface area contributed by atoms with Gasteiger partial charge in [0.1, 0.15) is 0 Å². The van der Waals surface area contributed by atoms with E-state index in [2.05, 4.69) is 33.4 Å². The molecule has 1 fully saturated rings. The molecule has 0 N–H and O–H groups in total. The van der Waals surface area contributed by atoms with Crippen LogP contribution in [0.2, 0.25) is 0 Å². The summed E-state index contributed by atoms with van der Waals surface area (Å²) in [5, 5.41) is 0. The van der Waals surface area contributed by atoms with Crippen LogP contribution in [-0.4, -0.2) is 0 Å². The Labute approximate surface area is 64.3 Å². The minimum absolute atomic E-state index is 0.453. The summed E-state index contributed by atoms with van der Waals surface area (Å²) in [5.41, 5.74) is 0.453. The van der Waals surface area contributed by atoms with Crippen LogP contribution in [-0.2, 0) is 0 Å². The lowest BCUT2D eigenvalue weighted by atomic mass is 9.54. The molecule has 0 saturated heterocycles. The molecule has 1 saturated carbocycles. The Bertz CT molecular complexity index is 137. The molecule has 1 rings (SSSR count). The van der Waals surface area contributed by atoms with E-state index in [0.29, 0.717) is 5.41 Å². The van der Waals surface area contributed by atoms with Gasteiger partial charge in [-0.05, 0) is 23.7 Å². The molecule has 0 aromatic rings. The number of hydrogen-bond acceptors (Lipinski definition) is 0. The largest absolute Gasteiger partial charge is 0.103 e. The Hall–Kier alpha value is -0.260. The predicted molar refractivity (Wildman–Crippen MR) is 45.9 cm³/mol. The van der Waals surface area contributed by atoms with Crippen molar-refractivity contribution in [2.45, 2.75) is 33.6 Å². The van der Waals surface area contributed by atoms with E-state index >= 15 is 0 Å². The molecule has 3 atom stereocenters. The summed E-state index contributed by atoms with van der Waals surface area (Å²) in [4.78, 5) is 0. The lowest BCUT2D eigenvalue weighted by Crippen LogP contribution is -2.43. The van der Waals surface area contributed by atoms with Crippen LogP contribution in [0, 0.1) is 17.3 Å². The van der Waals surface area contributed by atoms with E-state index in [1.54, 1.807) is 0 Å². The monoisotopic (exact) mass is 138 g/mol. The maximum absolute atomic E-state index is 3.90. The summed E-state index contributed by atoms with van der Waals surface area (Å²) in [6, 6.07) is 0. The molecule has 0 aliphatic heterocycles. The van der Waals surface area contributed by atoms with E-state index in [1.165, 1.54) is 12.8 Å². The average Bonchev–Trinajstić information content (AvgIpc) is 1.98. The third kappa shape index (κ3) is 0.817. The van der Waals surface area contributed by atoms with Crippen LogP contribution in [0.5, 0.6) is 0 Å². The minimum Gasteiger partial charge on any atom is -0.103 e. The maximum Gasteiger partial charge on any atom is -0.00952 e. The van der Waals surface area contributed by atoms with Gasteiger partial charge in [-0.15, -0.1) is 6.58 Å². The SMILES string of the molecule is C=CC1(C)C(C)CC1CC. The zero-order valence-electron chi connectivity index (χ0n) is 7.35. The van der Waals surface area contributed by atoms with Crippen LogP contribution >= 0.6 is 0 Å². The van der Waals surface area contributed by atoms with Crippen LogP contribution in [0.15, 0.2) is 12.7 Å². The van der Waals surface area contributed by atoms with Crippen molar-refractivity contribution in [3.8, 4) is 0 Å². The van der Waals surface area contributed by atoms with Crippen molar-refractivity contribution in [1.82, 2.24) is 0 Å². The van der Waals surface area contributed by atoms with Crippen LogP contribution in [0.3, 0.4) is 0 Å². The molecular formula is C10H18. The molecule has 3 unspecified atom stereocenters. The van der Waals surface area contributed by atoms with Gasteiger partial charge in [0.2, 0.25) is 0 Å². The third-order valence-electron chi connectivity index (χ3n) is 3.51. The highest BCUT2D eigenvalue weighted by molar-refractivity contribution is 5.06. The lowest BCUT2D eigenvalue weighted by Gasteiger charge is -2.51. The molecule has 0 nitrogen and oxygen atoms in total. The van der Waals surface area contributed by atoms with Crippen molar-refractivity contribution < 1.29 is 0 Å². The Morgan fingerprint density at radius 3 is 2.50 bits per heavy atom. The van der Waals surface area contributed by atoms with Gasteiger partial charge in [-0.3, -0.25) is 0 Å². The fourth-order valence-electron chi connectivity index (χ4n) is 2.15. The Balaban J connectivity index is 2.62. The molecule has 10 heavy (non-hydrogen) atoms. The Kier molecular flexibility index (Phi) is 1.89. The quantitative estimate of drug-likeness (QED) is 0.514. The van der Waals surface area contributed by atoms with Gasteiger partial charge in [-0.1, -0.05) is 33.3 Å². The highest BCUT2D eigenvalue weighted by atomic mass is 14.5. The van der Waals surface area contributed by atoms with E-state index in [9.17, 15) is 0 Å². The topological polar surface area (TPSA) is 0 Å². The summed E-state index contributed by atoms with van der Waals surface area (Å²) >= 11 is 0. The second-order valence-corrected chi connectivity index (χ2v) is 3.81. The van der Waals surface area contributed by atoms with Gasteiger partial charge in [0.25, 0.3) is 0 Å². The molecule has 1 aliphatic rings. The second-order valence-electron chi connectivity index (χ2n) is 3.81. The van der Waals surface area contributed by atoms with Crippen molar-refractivity contribution in [2.24, 2.45) is 17.3 Å². The summed E-state index contributed by atoms with van der Waals surface area (Å²) < 4.78 is 0. The first-order chi connectivity index (χ1) is 4.65. The van der Waals surface area contributed by atoms with Crippen molar-refractivity contribution in [1.29, 1.82) is 0 Å². The predicted octanol–water partition coefficient (Wildman–Crippen LogP) is 3.24. The highest BCUT2D eigenvalue weighted by Gasteiger charge is 2.45. The number of rotatable bonds is 2. The van der Waals surface area contributed by atoms with Gasteiger partial charge in [0, 0.05) is 0 Å². The Morgan fingerprint density at radius 2 is 2.30 bits per heavy atom. The number of allylic oxidation sites excluding steroid dienone is 1. The first-order valence-electron chi connectivity index (χ1n) is 4.28. The van der Waals surface area contributed by atoms with Crippen LogP contribution in [0.25, 0.3) is 0 Å². The van der Waals surface area contributed by atoms with Crippen LogP contribution < -0.4 is 0 Å². The van der Waals surface area contributed by atoms with Crippen LogP contribution in [0.1, 0.15) is 33.6 Å². The van der Waals surface area contributed by atoms with Crippen molar-refractivity contribution >= 4 is 0 Å². The van der Waals surface area contributed by atoms with Gasteiger partial charge in [-0.25, -0.2) is 0 Å². The molecule has 0 heterocycles. The van der Waals surface area contributed by atoms with Crippen molar-refractivity contribution in [3.05, 3.63) is 12.7 Å². The van der Waals surface area contributed by atoms with E-state index in [1.807, 2.05) is 0 Å². The molecule has 58 valence electrons. The first-order valence-corrected chi connectivity index (χ1v) is 4.28. The minimum atomic E-state index is 0.453. The zero-order chi connectivity index (χ0) is 7.78. The van der Waals surface area contributed by atoms with Gasteiger partial charge in [-0.2, -0.15) is 0 Å². The average molecular weight is 138 g/mol. The first kappa shape index (κ1) is 7.84. The molecule has 0 aromatic heterocycles. The van der Waals surface area contributed by atoms with E-state index in [-0.39, 0.29) is 0 Å². The van der Waals surface area contributed by atoms with Crippen LogP contribution in [0.4, 0.5) is 0 Å². The zero-order valence-corrected chi connectivity index (χ0v) is 7.35. The molecular weight excluding hydrogens is 120 g/mol. The molecule has 0 bridgehead atoms. The van der Waals surface area contributed by atoms with Gasteiger partial charge >= 0.3 is 0 Å². The molecule has 0 heteroatoms. The standard InChI is InChI=1S/C10H18/c1-5-9-7-8(3)10(9,4)6-2/h6,8-9H,2,5,7H2,1,3-4H3. The fraction of sp³-hybridized carbons (Fsp3) is 0.800.